The van der Waals surface area contributed by atoms with E-state index in [4.69, 9.17) is 21.5 Å². The van der Waals surface area contributed by atoms with E-state index >= 15 is 0 Å². The van der Waals surface area contributed by atoms with Gasteiger partial charge in [-0.05, 0) is 24.3 Å². The summed E-state index contributed by atoms with van der Waals surface area (Å²) in [6.45, 7) is 0. The van der Waals surface area contributed by atoms with E-state index in [2.05, 4.69) is 10.6 Å². The first-order valence-corrected chi connectivity index (χ1v) is 7.42. The third-order valence-corrected chi connectivity index (χ3v) is 3.20. The molecule has 26 heavy (non-hydrogen) atoms. The van der Waals surface area contributed by atoms with Gasteiger partial charge in [0.05, 0.1) is 6.42 Å². The molecule has 0 aliphatic rings. The number of nitrogen functional groups attached to an aromatic ring is 1. The van der Waals surface area contributed by atoms with Gasteiger partial charge in [-0.15, -0.1) is 0 Å². The zero-order valence-corrected chi connectivity index (χ0v) is 13.6. The number of carbonyl (C=O) groups excluding carboxylic acids is 3. The fourth-order valence-corrected chi connectivity index (χ4v) is 1.91. The molecule has 0 bridgehead atoms. The lowest BCUT2D eigenvalue weighted by Crippen LogP contribution is -2.47. The molecule has 11 nitrogen and oxygen atoms in total. The second-order valence-corrected chi connectivity index (χ2v) is 5.23. The van der Waals surface area contributed by atoms with Crippen molar-refractivity contribution in [2.45, 2.75) is 25.3 Å². The maximum atomic E-state index is 11.8. The number of amides is 3. The number of aliphatic carboxylic acids is 1. The number of nitrogens with one attached hydrogen (secondary N) is 4. The molecule has 0 aliphatic carbocycles. The third kappa shape index (κ3) is 6.97. The molecule has 1 rings (SSSR count). The average Bonchev–Trinajstić information content (AvgIpc) is 2.58. The first-order valence-electron chi connectivity index (χ1n) is 7.42. The van der Waals surface area contributed by atoms with E-state index in [0.29, 0.717) is 11.3 Å². The summed E-state index contributed by atoms with van der Waals surface area (Å²) in [5.41, 5.74) is 7.53. The van der Waals surface area contributed by atoms with Crippen molar-refractivity contribution < 1.29 is 29.5 Å². The Morgan fingerprint density at radius 2 is 1.65 bits per heavy atom. The van der Waals surface area contributed by atoms with Crippen LogP contribution in [0.1, 0.15) is 24.8 Å². The first kappa shape index (κ1) is 20.6. The van der Waals surface area contributed by atoms with Gasteiger partial charge < -0.3 is 21.5 Å². The molecular weight excluding hydrogens is 346 g/mol. The number of anilines is 1. The van der Waals surface area contributed by atoms with Crippen molar-refractivity contribution >= 4 is 35.2 Å². The molecule has 1 unspecified atom stereocenters. The molecule has 0 saturated heterocycles. The molecule has 1 aromatic carbocycles. The highest BCUT2D eigenvalue weighted by atomic mass is 16.5. The fraction of sp³-hybridized carbons (Fsp3) is 0.267. The highest BCUT2D eigenvalue weighted by Crippen LogP contribution is 2.10. The predicted molar refractivity (Wildman–Crippen MR) is 89.4 cm³/mol. The molecule has 0 aliphatic heterocycles. The number of carbonyl (C=O) groups is 4. The zero-order chi connectivity index (χ0) is 19.7. The Labute approximate surface area is 148 Å². The van der Waals surface area contributed by atoms with Crippen LogP contribution in [0.25, 0.3) is 0 Å². The van der Waals surface area contributed by atoms with Gasteiger partial charge in [0.25, 0.3) is 5.91 Å². The number of rotatable bonds is 9. The van der Waals surface area contributed by atoms with Gasteiger partial charge in [-0.1, -0.05) is 0 Å². The van der Waals surface area contributed by atoms with Gasteiger partial charge in [-0.2, -0.15) is 0 Å². The van der Waals surface area contributed by atoms with Crippen LogP contribution in [0.5, 0.6) is 0 Å². The molecule has 1 atom stereocenters. The van der Waals surface area contributed by atoms with Crippen LogP contribution in [0.4, 0.5) is 5.69 Å². The van der Waals surface area contributed by atoms with Crippen molar-refractivity contribution in [3.8, 4) is 0 Å². The third-order valence-electron chi connectivity index (χ3n) is 3.20. The molecule has 3 amide bonds. The van der Waals surface area contributed by atoms with Gasteiger partial charge in [0.1, 0.15) is 11.9 Å². The van der Waals surface area contributed by atoms with Gasteiger partial charge in [0.15, 0.2) is 0 Å². The Morgan fingerprint density at radius 1 is 1.08 bits per heavy atom. The topological polar surface area (TPSA) is 195 Å². The number of nitrogens with two attached hydrogens (primary N) is 1. The number of amidine groups is 1. The van der Waals surface area contributed by atoms with Gasteiger partial charge >= 0.3 is 5.97 Å². The van der Waals surface area contributed by atoms with Crippen molar-refractivity contribution in [1.29, 1.82) is 5.41 Å². The highest BCUT2D eigenvalue weighted by Gasteiger charge is 2.23. The molecule has 140 valence electrons. The van der Waals surface area contributed by atoms with E-state index < -0.39 is 36.2 Å². The van der Waals surface area contributed by atoms with Gasteiger partial charge in [0, 0.05) is 24.1 Å². The number of hydrogen-bond donors (Lipinski definition) is 7. The molecule has 8 N–H and O–H groups in total. The fourth-order valence-electron chi connectivity index (χ4n) is 1.91. The van der Waals surface area contributed by atoms with E-state index in [0.717, 1.165) is 0 Å². The average molecular weight is 365 g/mol. The summed E-state index contributed by atoms with van der Waals surface area (Å²) >= 11 is 0. The highest BCUT2D eigenvalue weighted by molar-refractivity contribution is 5.97. The first-order chi connectivity index (χ1) is 12.2. The maximum absolute atomic E-state index is 11.8. The molecule has 0 fully saturated rings. The van der Waals surface area contributed by atoms with E-state index in [1.165, 1.54) is 5.48 Å². The molecule has 0 aromatic heterocycles. The quantitative estimate of drug-likeness (QED) is 0.128. The maximum Gasteiger partial charge on any atom is 0.305 e. The normalized spacial score (nSPS) is 11.1. The predicted octanol–water partition coefficient (Wildman–Crippen LogP) is -0.846. The van der Waals surface area contributed by atoms with Crippen LogP contribution in [-0.4, -0.2) is 45.9 Å². The molecule has 0 spiro atoms. The minimum atomic E-state index is -1.45. The second kappa shape index (κ2) is 9.74. The van der Waals surface area contributed by atoms with Gasteiger partial charge in [-0.25, -0.2) is 5.48 Å². The minimum Gasteiger partial charge on any atom is -0.481 e. The summed E-state index contributed by atoms with van der Waals surface area (Å²) < 4.78 is 0. The van der Waals surface area contributed by atoms with Crippen LogP contribution >= 0.6 is 0 Å². The lowest BCUT2D eigenvalue weighted by molar-refractivity contribution is -0.143. The van der Waals surface area contributed by atoms with Crippen molar-refractivity contribution in [2.24, 2.45) is 5.73 Å². The Balaban J connectivity index is 2.49. The largest absolute Gasteiger partial charge is 0.481 e. The molecular formula is C15H19N5O6. The number of carboxylic acid groups (broad SMARTS) is 1. The lowest BCUT2D eigenvalue weighted by atomic mass is 10.1. The van der Waals surface area contributed by atoms with E-state index in [1.807, 2.05) is 0 Å². The monoisotopic (exact) mass is 365 g/mol. The van der Waals surface area contributed by atoms with Crippen molar-refractivity contribution in [1.82, 2.24) is 10.8 Å². The number of benzene rings is 1. The lowest BCUT2D eigenvalue weighted by Gasteiger charge is -2.14. The van der Waals surface area contributed by atoms with Crippen LogP contribution < -0.4 is 21.8 Å². The molecule has 0 heterocycles. The van der Waals surface area contributed by atoms with Crippen molar-refractivity contribution in [3.63, 3.8) is 0 Å². The van der Waals surface area contributed by atoms with E-state index in [1.54, 1.807) is 24.3 Å². The molecule has 0 radical (unpaired) electrons. The van der Waals surface area contributed by atoms with Crippen LogP contribution in [0.2, 0.25) is 0 Å². The summed E-state index contributed by atoms with van der Waals surface area (Å²) in [6.07, 6.45) is -1.21. The number of hydroxylamine groups is 1. The van der Waals surface area contributed by atoms with E-state index in [-0.39, 0.29) is 18.7 Å². The van der Waals surface area contributed by atoms with Gasteiger partial charge in [0.2, 0.25) is 11.8 Å². The summed E-state index contributed by atoms with van der Waals surface area (Å²) in [7, 11) is 0. The number of carboxylic acids is 1. The Kier molecular flexibility index (Phi) is 7.70. The molecule has 0 saturated carbocycles. The van der Waals surface area contributed by atoms with E-state index in [9.17, 15) is 19.2 Å². The van der Waals surface area contributed by atoms with Crippen LogP contribution in [0.15, 0.2) is 24.3 Å². The van der Waals surface area contributed by atoms with Crippen molar-refractivity contribution in [2.75, 3.05) is 5.32 Å². The summed E-state index contributed by atoms with van der Waals surface area (Å²) in [5.74, 6) is -3.72. The smallest absolute Gasteiger partial charge is 0.305 e. The van der Waals surface area contributed by atoms with Crippen LogP contribution in [0, 0.1) is 5.41 Å². The Bertz CT molecular complexity index is 703. The van der Waals surface area contributed by atoms with Crippen molar-refractivity contribution in [3.05, 3.63) is 29.8 Å². The standard InChI is InChI=1S/C15H19N5O6/c16-14(17)8-1-3-9(4-2-8)18-11(21)5-6-12(22)19-10(7-13(23)24)15(25)20-26/h1-4,10,26H,5-7H2,(H3,16,17)(H,18,21)(H,19,22)(H,20,25)(H,23,24). The van der Waals surface area contributed by atoms with Gasteiger partial charge in [-0.3, -0.25) is 29.8 Å². The zero-order valence-electron chi connectivity index (χ0n) is 13.6. The summed E-state index contributed by atoms with van der Waals surface area (Å²) in [5, 5.41) is 29.2. The SMILES string of the molecule is N=C(N)c1ccc(NC(=O)CCC(=O)NC(CC(=O)O)C(=O)NO)cc1. The second-order valence-electron chi connectivity index (χ2n) is 5.23. The van der Waals surface area contributed by atoms with Crippen LogP contribution in [0.3, 0.4) is 0 Å². The minimum absolute atomic E-state index is 0.109. The Hall–Kier alpha value is -3.47. The molecule has 1 aromatic rings. The molecule has 11 heteroatoms. The summed E-state index contributed by atoms with van der Waals surface area (Å²) in [4.78, 5) is 45.5. The Morgan fingerprint density at radius 3 is 2.15 bits per heavy atom. The number of hydrogen-bond acceptors (Lipinski definition) is 6. The van der Waals surface area contributed by atoms with Crippen LogP contribution in [-0.2, 0) is 19.2 Å². The summed E-state index contributed by atoms with van der Waals surface area (Å²) in [6, 6.07) is 4.74.